The SMILES string of the molecule is COc1c(F)c(F)c(C(=O)Nc2cc3nn(-c4ccc(Cl)cc4)nc3cc2C)c(F)c1F. The molecule has 6 nitrogen and oxygen atoms in total. The number of aromatic nitrogens is 3. The number of rotatable bonds is 4. The van der Waals surface area contributed by atoms with Gasteiger partial charge in [0.2, 0.25) is 11.6 Å². The Morgan fingerprint density at radius 1 is 0.969 bits per heavy atom. The lowest BCUT2D eigenvalue weighted by Gasteiger charge is -2.12. The molecule has 0 spiro atoms. The monoisotopic (exact) mass is 464 g/mol. The minimum Gasteiger partial charge on any atom is -0.491 e. The second-order valence-electron chi connectivity index (χ2n) is 6.74. The van der Waals surface area contributed by atoms with E-state index in [1.54, 1.807) is 37.3 Å². The summed E-state index contributed by atoms with van der Waals surface area (Å²) >= 11 is 5.88. The average Bonchev–Trinajstić information content (AvgIpc) is 3.16. The van der Waals surface area contributed by atoms with E-state index in [2.05, 4.69) is 20.3 Å². The van der Waals surface area contributed by atoms with E-state index < -0.39 is 40.5 Å². The number of anilines is 1. The molecule has 0 radical (unpaired) electrons. The van der Waals surface area contributed by atoms with Crippen LogP contribution in [0.1, 0.15) is 15.9 Å². The van der Waals surface area contributed by atoms with Crippen molar-refractivity contribution in [1.29, 1.82) is 0 Å². The number of benzene rings is 3. The number of ether oxygens (including phenoxy) is 1. The Balaban J connectivity index is 1.71. The van der Waals surface area contributed by atoms with Crippen molar-refractivity contribution in [2.45, 2.75) is 6.92 Å². The maximum Gasteiger partial charge on any atom is 0.261 e. The molecule has 32 heavy (non-hydrogen) atoms. The molecule has 3 aromatic carbocycles. The molecule has 0 saturated carbocycles. The van der Waals surface area contributed by atoms with E-state index in [-0.39, 0.29) is 5.69 Å². The van der Waals surface area contributed by atoms with Crippen LogP contribution in [0.5, 0.6) is 5.75 Å². The standard InChI is InChI=1S/C21H13ClF4N4O2/c1-9-7-13-14(29-30(28-13)11-5-3-10(22)4-6-11)8-12(9)27-21(31)15-16(23)18(25)20(32-2)19(26)17(15)24/h3-8H,1-2H3,(H,27,31). The van der Waals surface area contributed by atoms with Crippen molar-refractivity contribution in [3.05, 3.63) is 75.8 Å². The Hall–Kier alpha value is -3.66. The Bertz CT molecular complexity index is 1340. The van der Waals surface area contributed by atoms with Gasteiger partial charge in [-0.25, -0.2) is 8.78 Å². The molecule has 0 saturated heterocycles. The van der Waals surface area contributed by atoms with Crippen molar-refractivity contribution >= 4 is 34.2 Å². The van der Waals surface area contributed by atoms with Gasteiger partial charge in [-0.2, -0.15) is 13.6 Å². The van der Waals surface area contributed by atoms with Gasteiger partial charge in [0.05, 0.1) is 12.8 Å². The zero-order chi connectivity index (χ0) is 23.2. The highest BCUT2D eigenvalue weighted by molar-refractivity contribution is 6.30. The molecular weight excluding hydrogens is 452 g/mol. The summed E-state index contributed by atoms with van der Waals surface area (Å²) < 4.78 is 60.8. The molecule has 4 aromatic rings. The minimum atomic E-state index is -1.87. The number of methoxy groups -OCH3 is 1. The Morgan fingerprint density at radius 2 is 1.53 bits per heavy atom. The molecule has 1 heterocycles. The third-order valence-electron chi connectivity index (χ3n) is 4.69. The third-order valence-corrected chi connectivity index (χ3v) is 4.94. The quantitative estimate of drug-likeness (QED) is 0.333. The summed E-state index contributed by atoms with van der Waals surface area (Å²) in [6.45, 7) is 1.61. The van der Waals surface area contributed by atoms with Crippen LogP contribution in [0, 0.1) is 30.2 Å². The fourth-order valence-corrected chi connectivity index (χ4v) is 3.19. The lowest BCUT2D eigenvalue weighted by Crippen LogP contribution is -2.19. The summed E-state index contributed by atoms with van der Waals surface area (Å²) in [4.78, 5) is 13.8. The van der Waals surface area contributed by atoms with Crippen molar-refractivity contribution in [2.24, 2.45) is 0 Å². The molecule has 0 aliphatic heterocycles. The van der Waals surface area contributed by atoms with Crippen LogP contribution >= 0.6 is 11.6 Å². The van der Waals surface area contributed by atoms with Crippen LogP contribution in [0.4, 0.5) is 23.2 Å². The molecule has 0 unspecified atom stereocenters. The van der Waals surface area contributed by atoms with Gasteiger partial charge in [0, 0.05) is 10.7 Å². The lowest BCUT2D eigenvalue weighted by molar-refractivity contribution is 0.101. The highest BCUT2D eigenvalue weighted by Crippen LogP contribution is 2.31. The first-order valence-corrected chi connectivity index (χ1v) is 9.44. The smallest absolute Gasteiger partial charge is 0.261 e. The highest BCUT2D eigenvalue weighted by atomic mass is 35.5. The number of hydrogen-bond acceptors (Lipinski definition) is 4. The zero-order valence-corrected chi connectivity index (χ0v) is 17.3. The van der Waals surface area contributed by atoms with Gasteiger partial charge in [0.15, 0.2) is 17.4 Å². The Kier molecular flexibility index (Phi) is 5.47. The van der Waals surface area contributed by atoms with E-state index in [0.29, 0.717) is 27.3 Å². The van der Waals surface area contributed by atoms with Crippen molar-refractivity contribution in [3.8, 4) is 11.4 Å². The predicted molar refractivity (Wildman–Crippen MR) is 109 cm³/mol. The van der Waals surface area contributed by atoms with Gasteiger partial charge in [-0.05, 0) is 48.9 Å². The first-order chi connectivity index (χ1) is 15.2. The molecule has 11 heteroatoms. The van der Waals surface area contributed by atoms with Gasteiger partial charge in [-0.1, -0.05) is 11.6 Å². The number of nitrogens with zero attached hydrogens (tertiary/aromatic N) is 3. The second kappa shape index (κ2) is 8.12. The number of halogens is 5. The maximum atomic E-state index is 14.3. The number of carbonyl (C=O) groups is 1. The van der Waals surface area contributed by atoms with Crippen LogP contribution < -0.4 is 10.1 Å². The van der Waals surface area contributed by atoms with E-state index in [9.17, 15) is 22.4 Å². The van der Waals surface area contributed by atoms with Crippen LogP contribution in [-0.4, -0.2) is 28.0 Å². The molecule has 0 aliphatic carbocycles. The van der Waals surface area contributed by atoms with E-state index in [4.69, 9.17) is 11.6 Å². The highest BCUT2D eigenvalue weighted by Gasteiger charge is 2.30. The first kappa shape index (κ1) is 21.6. The van der Waals surface area contributed by atoms with Gasteiger partial charge in [0.1, 0.15) is 16.6 Å². The van der Waals surface area contributed by atoms with Crippen LogP contribution in [0.15, 0.2) is 36.4 Å². The Morgan fingerprint density at radius 3 is 2.09 bits per heavy atom. The molecule has 164 valence electrons. The van der Waals surface area contributed by atoms with Crippen molar-refractivity contribution < 1.29 is 27.1 Å². The first-order valence-electron chi connectivity index (χ1n) is 9.06. The largest absolute Gasteiger partial charge is 0.491 e. The van der Waals surface area contributed by atoms with E-state index in [1.165, 1.54) is 10.9 Å². The molecule has 1 aromatic heterocycles. The van der Waals surface area contributed by atoms with Crippen LogP contribution in [0.3, 0.4) is 0 Å². The summed E-state index contributed by atoms with van der Waals surface area (Å²) in [6, 6.07) is 9.75. The molecule has 4 rings (SSSR count). The number of aryl methyl sites for hydroxylation is 1. The van der Waals surface area contributed by atoms with E-state index >= 15 is 0 Å². The molecule has 1 amide bonds. The number of carbonyl (C=O) groups excluding carboxylic acids is 1. The number of fused-ring (bicyclic) bond motifs is 1. The number of nitrogens with one attached hydrogen (secondary N) is 1. The topological polar surface area (TPSA) is 69.0 Å². The van der Waals surface area contributed by atoms with E-state index in [0.717, 1.165) is 7.11 Å². The van der Waals surface area contributed by atoms with Crippen molar-refractivity contribution in [3.63, 3.8) is 0 Å². The average molecular weight is 465 g/mol. The van der Waals surface area contributed by atoms with Gasteiger partial charge >= 0.3 is 0 Å². The normalized spacial score (nSPS) is 11.1. The summed E-state index contributed by atoms with van der Waals surface area (Å²) in [7, 11) is 0.843. The van der Waals surface area contributed by atoms with Crippen LogP contribution in [-0.2, 0) is 0 Å². The fourth-order valence-electron chi connectivity index (χ4n) is 3.07. The molecular formula is C21H13ClF4N4O2. The molecule has 0 atom stereocenters. The van der Waals surface area contributed by atoms with Crippen LogP contribution in [0.2, 0.25) is 5.02 Å². The molecule has 0 aliphatic rings. The van der Waals surface area contributed by atoms with Crippen LogP contribution in [0.25, 0.3) is 16.7 Å². The minimum absolute atomic E-state index is 0.126. The summed E-state index contributed by atoms with van der Waals surface area (Å²) in [5.41, 5.74) is 0.654. The number of amides is 1. The molecule has 0 fully saturated rings. The number of hydrogen-bond donors (Lipinski definition) is 1. The van der Waals surface area contributed by atoms with Crippen molar-refractivity contribution in [2.75, 3.05) is 12.4 Å². The predicted octanol–water partition coefficient (Wildman–Crippen LogP) is 5.20. The van der Waals surface area contributed by atoms with Gasteiger partial charge < -0.3 is 10.1 Å². The second-order valence-corrected chi connectivity index (χ2v) is 7.18. The van der Waals surface area contributed by atoms with E-state index in [1.807, 2.05) is 0 Å². The fraction of sp³-hybridized carbons (Fsp3) is 0.0952. The van der Waals surface area contributed by atoms with Gasteiger partial charge in [-0.15, -0.1) is 10.2 Å². The van der Waals surface area contributed by atoms with Gasteiger partial charge in [-0.3, -0.25) is 4.79 Å². The van der Waals surface area contributed by atoms with Gasteiger partial charge in [0.25, 0.3) is 5.91 Å². The Labute approximate surface area is 183 Å². The summed E-state index contributed by atoms with van der Waals surface area (Å²) in [5, 5.41) is 11.4. The molecule has 1 N–H and O–H groups in total. The third kappa shape index (κ3) is 3.62. The summed E-state index contributed by atoms with van der Waals surface area (Å²) in [6.07, 6.45) is 0. The molecule has 0 bridgehead atoms. The maximum absolute atomic E-state index is 14.3. The van der Waals surface area contributed by atoms with Crippen molar-refractivity contribution in [1.82, 2.24) is 15.0 Å². The zero-order valence-electron chi connectivity index (χ0n) is 16.5. The lowest BCUT2D eigenvalue weighted by atomic mass is 10.1. The summed E-state index contributed by atoms with van der Waals surface area (Å²) in [5.74, 6) is -10.00.